The monoisotopic (exact) mass is 432 g/mol. The molecule has 0 saturated heterocycles. The van der Waals surface area contributed by atoms with Gasteiger partial charge in [-0.15, -0.1) is 13.2 Å². The molecule has 168 valence electrons. The Labute approximate surface area is 175 Å². The van der Waals surface area contributed by atoms with Crippen LogP contribution in [0.2, 0.25) is 0 Å². The highest BCUT2D eigenvalue weighted by molar-refractivity contribution is 7.39. The number of rotatable bonds is 14. The predicted molar refractivity (Wildman–Crippen MR) is 115 cm³/mol. The number of carbonyl (C=O) groups excluding carboxylic acids is 2. The molecule has 0 heterocycles. The molecule has 0 aliphatic rings. The van der Waals surface area contributed by atoms with E-state index < -0.39 is 32.5 Å². The quantitative estimate of drug-likeness (QED) is 0.176. The van der Waals surface area contributed by atoms with Crippen LogP contribution in [0.3, 0.4) is 0 Å². The van der Waals surface area contributed by atoms with Crippen LogP contribution >= 0.6 is 8.10 Å². The highest BCUT2D eigenvalue weighted by Gasteiger charge is 2.36. The summed E-state index contributed by atoms with van der Waals surface area (Å²) in [5, 5.41) is 0. The topological polar surface area (TPSA) is 85.4 Å². The second-order valence-electron chi connectivity index (χ2n) is 7.49. The summed E-state index contributed by atoms with van der Waals surface area (Å²) in [6, 6.07) is -0.713. The Bertz CT molecular complexity index is 567. The molecule has 0 aromatic rings. The van der Waals surface area contributed by atoms with Crippen LogP contribution in [0.4, 0.5) is 4.79 Å². The van der Waals surface area contributed by atoms with Crippen LogP contribution in [0.25, 0.3) is 0 Å². The van der Waals surface area contributed by atoms with E-state index in [-0.39, 0.29) is 24.9 Å². The summed E-state index contributed by atoms with van der Waals surface area (Å²) >= 11 is 0. The van der Waals surface area contributed by atoms with E-state index in [0.29, 0.717) is 12.8 Å². The van der Waals surface area contributed by atoms with Gasteiger partial charge in [-0.05, 0) is 18.3 Å². The highest BCUT2D eigenvalue weighted by atomic mass is 31.1. The molecular formula is C20H37N2O6P. The van der Waals surface area contributed by atoms with Crippen LogP contribution < -0.4 is 0 Å². The molecule has 0 aliphatic carbocycles. The maximum Gasteiger partial charge on any atom is 0.509 e. The molecule has 0 saturated carbocycles. The van der Waals surface area contributed by atoms with Crippen molar-refractivity contribution in [2.45, 2.75) is 52.8 Å². The Morgan fingerprint density at radius 2 is 1.45 bits per heavy atom. The molecule has 0 rings (SSSR count). The van der Waals surface area contributed by atoms with Crippen LogP contribution in [0.15, 0.2) is 25.3 Å². The summed E-state index contributed by atoms with van der Waals surface area (Å²) in [5.41, 5.74) is 0. The fourth-order valence-corrected chi connectivity index (χ4v) is 4.62. The lowest BCUT2D eigenvalue weighted by Crippen LogP contribution is -2.44. The predicted octanol–water partition coefficient (Wildman–Crippen LogP) is 4.10. The molecule has 0 aromatic heterocycles. The van der Waals surface area contributed by atoms with Crippen molar-refractivity contribution in [3.05, 3.63) is 25.3 Å². The van der Waals surface area contributed by atoms with Gasteiger partial charge in [0, 0.05) is 19.5 Å². The summed E-state index contributed by atoms with van der Waals surface area (Å²) in [6.07, 6.45) is 2.42. The second kappa shape index (κ2) is 14.4. The normalized spacial score (nSPS) is 14.6. The SMILES string of the molecule is C=CCN(C(CC(C)C)OC(=O)OC)[PH](=O)N(CC=C)[C@@H](CC(C)C)C(=O)OC. The number of hydrogen-bond acceptors (Lipinski definition) is 6. The second-order valence-corrected chi connectivity index (χ2v) is 9.20. The zero-order valence-electron chi connectivity index (χ0n) is 18.6. The van der Waals surface area contributed by atoms with Crippen molar-refractivity contribution in [1.29, 1.82) is 0 Å². The van der Waals surface area contributed by atoms with Gasteiger partial charge in [0.15, 0.2) is 6.23 Å². The third kappa shape index (κ3) is 9.61. The summed E-state index contributed by atoms with van der Waals surface area (Å²) in [7, 11) is -0.221. The Kier molecular flexibility index (Phi) is 13.6. The van der Waals surface area contributed by atoms with Crippen molar-refractivity contribution in [2.75, 3.05) is 27.3 Å². The number of ether oxygens (including phenoxy) is 3. The Hall–Kier alpha value is -1.63. The fraction of sp³-hybridized carbons (Fsp3) is 0.700. The van der Waals surface area contributed by atoms with E-state index in [0.717, 1.165) is 0 Å². The van der Waals surface area contributed by atoms with E-state index >= 15 is 0 Å². The molecule has 3 atom stereocenters. The van der Waals surface area contributed by atoms with E-state index in [1.807, 2.05) is 27.7 Å². The van der Waals surface area contributed by atoms with Crippen molar-refractivity contribution in [2.24, 2.45) is 11.8 Å². The summed E-state index contributed by atoms with van der Waals surface area (Å²) in [5.74, 6) is -0.134. The lowest BCUT2D eigenvalue weighted by molar-refractivity contribution is -0.145. The Morgan fingerprint density at radius 3 is 1.86 bits per heavy atom. The molecular weight excluding hydrogens is 395 g/mol. The first kappa shape index (κ1) is 27.4. The van der Waals surface area contributed by atoms with Gasteiger partial charge in [0.1, 0.15) is 6.04 Å². The van der Waals surface area contributed by atoms with Gasteiger partial charge in [0.25, 0.3) is 0 Å². The first-order valence-electron chi connectivity index (χ1n) is 9.74. The van der Waals surface area contributed by atoms with Gasteiger partial charge in [-0.1, -0.05) is 39.8 Å². The minimum absolute atomic E-state index is 0.159. The van der Waals surface area contributed by atoms with Crippen molar-refractivity contribution in [3.8, 4) is 0 Å². The molecule has 0 bridgehead atoms. The van der Waals surface area contributed by atoms with Gasteiger partial charge >= 0.3 is 12.1 Å². The van der Waals surface area contributed by atoms with Crippen molar-refractivity contribution in [1.82, 2.24) is 9.34 Å². The summed E-state index contributed by atoms with van der Waals surface area (Å²) in [4.78, 5) is 24.2. The molecule has 9 heteroatoms. The minimum atomic E-state index is -2.75. The average molecular weight is 432 g/mol. The first-order valence-corrected chi connectivity index (χ1v) is 11.0. The fourth-order valence-electron chi connectivity index (χ4n) is 2.84. The molecule has 0 N–H and O–H groups in total. The van der Waals surface area contributed by atoms with Crippen molar-refractivity contribution < 1.29 is 28.4 Å². The van der Waals surface area contributed by atoms with Gasteiger partial charge in [0.05, 0.1) is 14.2 Å². The van der Waals surface area contributed by atoms with Crippen LogP contribution in [0, 0.1) is 11.8 Å². The molecule has 0 radical (unpaired) electrons. The maximum absolute atomic E-state index is 13.7. The molecule has 29 heavy (non-hydrogen) atoms. The van der Waals surface area contributed by atoms with E-state index in [9.17, 15) is 14.2 Å². The van der Waals surface area contributed by atoms with Crippen molar-refractivity contribution in [3.63, 3.8) is 0 Å². The summed E-state index contributed by atoms with van der Waals surface area (Å²) < 4.78 is 31.8. The minimum Gasteiger partial charge on any atom is -0.468 e. The molecule has 0 aliphatic heterocycles. The van der Waals surface area contributed by atoms with E-state index in [1.165, 1.54) is 14.2 Å². The van der Waals surface area contributed by atoms with Crippen molar-refractivity contribution >= 4 is 20.2 Å². The van der Waals surface area contributed by atoms with E-state index in [4.69, 9.17) is 9.47 Å². The van der Waals surface area contributed by atoms with Gasteiger partial charge < -0.3 is 14.2 Å². The zero-order chi connectivity index (χ0) is 22.6. The largest absolute Gasteiger partial charge is 0.509 e. The van der Waals surface area contributed by atoms with Gasteiger partial charge in [0.2, 0.25) is 8.10 Å². The Morgan fingerprint density at radius 1 is 0.931 bits per heavy atom. The van der Waals surface area contributed by atoms with Gasteiger partial charge in [-0.2, -0.15) is 0 Å². The van der Waals surface area contributed by atoms with Gasteiger partial charge in [-0.3, -0.25) is 9.36 Å². The van der Waals surface area contributed by atoms with Gasteiger partial charge in [-0.25, -0.2) is 14.1 Å². The maximum atomic E-state index is 13.7. The number of methoxy groups -OCH3 is 2. The lowest BCUT2D eigenvalue weighted by Gasteiger charge is -2.37. The molecule has 0 aromatic carbocycles. The molecule has 0 spiro atoms. The molecule has 8 nitrogen and oxygen atoms in total. The molecule has 0 fully saturated rings. The summed E-state index contributed by atoms with van der Waals surface area (Å²) in [6.45, 7) is 15.8. The van der Waals surface area contributed by atoms with Crippen LogP contribution in [-0.4, -0.2) is 61.0 Å². The smallest absolute Gasteiger partial charge is 0.468 e. The molecule has 0 amide bonds. The van der Waals surface area contributed by atoms with E-state index in [1.54, 1.807) is 21.5 Å². The third-order valence-electron chi connectivity index (χ3n) is 4.11. The average Bonchev–Trinajstić information content (AvgIpc) is 2.66. The van der Waals surface area contributed by atoms with Crippen LogP contribution in [0.5, 0.6) is 0 Å². The standard InChI is InChI=1S/C20H37N2O6P/c1-9-11-21(17(13-15(3)4)19(23)26-7)29(25)22(12-10-2)18(14-16(5)6)28-20(24)27-8/h9-10,15-18,29H,1-2,11-14H2,3-8H3/t17-,18?/m0/s1. The highest BCUT2D eigenvalue weighted by Crippen LogP contribution is 2.39. The van der Waals surface area contributed by atoms with E-state index in [2.05, 4.69) is 17.9 Å². The van der Waals surface area contributed by atoms with Crippen LogP contribution in [-0.2, 0) is 23.6 Å². The molecule has 2 unspecified atom stereocenters. The number of esters is 1. The Balaban J connectivity index is 6.04. The number of nitrogens with zero attached hydrogens (tertiary/aromatic N) is 2. The first-order chi connectivity index (χ1) is 13.6. The number of hydrogen-bond donors (Lipinski definition) is 0. The third-order valence-corrected chi connectivity index (χ3v) is 6.05. The zero-order valence-corrected chi connectivity index (χ0v) is 19.6. The number of carbonyl (C=O) groups is 2. The lowest BCUT2D eigenvalue weighted by atomic mass is 10.0. The van der Waals surface area contributed by atoms with Crippen LogP contribution in [0.1, 0.15) is 40.5 Å².